The fourth-order valence-electron chi connectivity index (χ4n) is 1.73. The predicted octanol–water partition coefficient (Wildman–Crippen LogP) is 0.407. The monoisotopic (exact) mass is 279 g/mol. The third kappa shape index (κ3) is 5.36. The Bertz CT molecular complexity index is 474. The second kappa shape index (κ2) is 7.59. The van der Waals surface area contributed by atoms with E-state index in [9.17, 15) is 9.59 Å². The summed E-state index contributed by atoms with van der Waals surface area (Å²) >= 11 is 0. The number of rotatable bonds is 7. The summed E-state index contributed by atoms with van der Waals surface area (Å²) in [7, 11) is 3.76. The Balaban J connectivity index is 2.72. The summed E-state index contributed by atoms with van der Waals surface area (Å²) in [6, 6.07) is 3.70. The Labute approximate surface area is 119 Å². The molecule has 0 unspecified atom stereocenters. The first-order valence-electron chi connectivity index (χ1n) is 6.45. The Morgan fingerprint density at radius 2 is 2.00 bits per heavy atom. The lowest BCUT2D eigenvalue weighted by Crippen LogP contribution is -2.41. The lowest BCUT2D eigenvalue weighted by Gasteiger charge is -2.22. The first-order valence-corrected chi connectivity index (χ1v) is 6.45. The fourth-order valence-corrected chi connectivity index (χ4v) is 1.73. The standard InChI is InChI=1S/C14H21N3O3/c1-11-5-4-6-15-12(11)9-13(18)17(10-14(19)20)8-7-16(2)3/h4-6H,7-10H2,1-3H3,(H,19,20). The van der Waals surface area contributed by atoms with Gasteiger partial charge in [0.1, 0.15) is 6.54 Å². The summed E-state index contributed by atoms with van der Waals surface area (Å²) in [5.74, 6) is -1.22. The van der Waals surface area contributed by atoms with Gasteiger partial charge in [-0.1, -0.05) is 6.07 Å². The SMILES string of the molecule is Cc1cccnc1CC(=O)N(CCN(C)C)CC(=O)O. The molecule has 1 N–H and O–H groups in total. The van der Waals surface area contributed by atoms with Gasteiger partial charge in [0.2, 0.25) is 5.91 Å². The lowest BCUT2D eigenvalue weighted by molar-refractivity contribution is -0.144. The van der Waals surface area contributed by atoms with Crippen LogP contribution in [0.25, 0.3) is 0 Å². The zero-order chi connectivity index (χ0) is 15.1. The minimum Gasteiger partial charge on any atom is -0.480 e. The number of carboxylic acids is 1. The van der Waals surface area contributed by atoms with E-state index in [0.29, 0.717) is 18.8 Å². The van der Waals surface area contributed by atoms with Crippen LogP contribution in [-0.2, 0) is 16.0 Å². The molecule has 1 aromatic heterocycles. The third-order valence-corrected chi connectivity index (χ3v) is 2.93. The van der Waals surface area contributed by atoms with Crippen molar-refractivity contribution in [3.05, 3.63) is 29.6 Å². The average Bonchev–Trinajstić information content (AvgIpc) is 2.36. The van der Waals surface area contributed by atoms with Crippen LogP contribution in [0.15, 0.2) is 18.3 Å². The van der Waals surface area contributed by atoms with Crippen molar-refractivity contribution in [3.8, 4) is 0 Å². The number of hydrogen-bond donors (Lipinski definition) is 1. The van der Waals surface area contributed by atoms with Crippen LogP contribution >= 0.6 is 0 Å². The highest BCUT2D eigenvalue weighted by atomic mass is 16.4. The van der Waals surface area contributed by atoms with Crippen molar-refractivity contribution in [2.75, 3.05) is 33.7 Å². The maximum absolute atomic E-state index is 12.2. The van der Waals surface area contributed by atoms with E-state index in [0.717, 1.165) is 5.56 Å². The number of aliphatic carboxylic acids is 1. The molecule has 0 aromatic carbocycles. The highest BCUT2D eigenvalue weighted by Crippen LogP contribution is 2.06. The van der Waals surface area contributed by atoms with Crippen LogP contribution in [0.3, 0.4) is 0 Å². The van der Waals surface area contributed by atoms with Crippen molar-refractivity contribution in [2.24, 2.45) is 0 Å². The first kappa shape index (κ1) is 16.1. The van der Waals surface area contributed by atoms with Gasteiger partial charge in [-0.3, -0.25) is 14.6 Å². The Hall–Kier alpha value is -1.95. The number of nitrogens with zero attached hydrogens (tertiary/aromatic N) is 3. The first-order chi connectivity index (χ1) is 9.40. The van der Waals surface area contributed by atoms with Crippen LogP contribution in [0.1, 0.15) is 11.3 Å². The Kier molecular flexibility index (Phi) is 6.11. The van der Waals surface area contributed by atoms with E-state index in [4.69, 9.17) is 5.11 Å². The number of hydrogen-bond acceptors (Lipinski definition) is 4. The Morgan fingerprint density at radius 1 is 1.30 bits per heavy atom. The van der Waals surface area contributed by atoms with Crippen LogP contribution in [-0.4, -0.2) is 65.5 Å². The van der Waals surface area contributed by atoms with Crippen molar-refractivity contribution >= 4 is 11.9 Å². The van der Waals surface area contributed by atoms with Crippen molar-refractivity contribution < 1.29 is 14.7 Å². The molecular weight excluding hydrogens is 258 g/mol. The third-order valence-electron chi connectivity index (χ3n) is 2.93. The van der Waals surface area contributed by atoms with E-state index in [1.54, 1.807) is 6.20 Å². The maximum Gasteiger partial charge on any atom is 0.323 e. The molecule has 20 heavy (non-hydrogen) atoms. The second-order valence-electron chi connectivity index (χ2n) is 4.96. The molecule has 0 fully saturated rings. The van der Waals surface area contributed by atoms with Crippen molar-refractivity contribution in [1.29, 1.82) is 0 Å². The highest BCUT2D eigenvalue weighted by Gasteiger charge is 2.18. The summed E-state index contributed by atoms with van der Waals surface area (Å²) in [5, 5.41) is 8.90. The molecule has 0 aliphatic rings. The number of aromatic nitrogens is 1. The van der Waals surface area contributed by atoms with Gasteiger partial charge in [-0.25, -0.2) is 0 Å². The van der Waals surface area contributed by atoms with E-state index in [1.807, 2.05) is 38.1 Å². The molecule has 0 saturated carbocycles. The lowest BCUT2D eigenvalue weighted by atomic mass is 10.1. The van der Waals surface area contributed by atoms with E-state index >= 15 is 0 Å². The Morgan fingerprint density at radius 3 is 2.55 bits per heavy atom. The molecule has 1 amide bonds. The molecule has 1 aromatic rings. The fraction of sp³-hybridized carbons (Fsp3) is 0.500. The quantitative estimate of drug-likeness (QED) is 0.782. The molecule has 0 bridgehead atoms. The zero-order valence-corrected chi connectivity index (χ0v) is 12.2. The summed E-state index contributed by atoms with van der Waals surface area (Å²) in [4.78, 5) is 30.5. The van der Waals surface area contributed by atoms with Gasteiger partial charge in [0.15, 0.2) is 0 Å². The number of carboxylic acid groups (broad SMARTS) is 1. The minimum absolute atomic E-state index is 0.132. The molecule has 6 heteroatoms. The largest absolute Gasteiger partial charge is 0.480 e. The van der Waals surface area contributed by atoms with Crippen molar-refractivity contribution in [3.63, 3.8) is 0 Å². The van der Waals surface area contributed by atoms with Crippen LogP contribution in [0.2, 0.25) is 0 Å². The topological polar surface area (TPSA) is 73.7 Å². The summed E-state index contributed by atoms with van der Waals surface area (Å²) in [5.41, 5.74) is 1.63. The van der Waals surface area contributed by atoms with Gasteiger partial charge in [-0.05, 0) is 32.6 Å². The summed E-state index contributed by atoms with van der Waals surface area (Å²) in [6.45, 7) is 2.62. The molecule has 1 rings (SSSR count). The molecule has 0 saturated heterocycles. The number of aryl methyl sites for hydroxylation is 1. The van der Waals surface area contributed by atoms with Gasteiger partial charge in [0.25, 0.3) is 0 Å². The van der Waals surface area contributed by atoms with Crippen LogP contribution < -0.4 is 0 Å². The van der Waals surface area contributed by atoms with Gasteiger partial charge in [-0.15, -0.1) is 0 Å². The van der Waals surface area contributed by atoms with E-state index < -0.39 is 5.97 Å². The molecule has 6 nitrogen and oxygen atoms in total. The summed E-state index contributed by atoms with van der Waals surface area (Å²) < 4.78 is 0. The zero-order valence-electron chi connectivity index (χ0n) is 12.2. The number of pyridine rings is 1. The number of carbonyl (C=O) groups excluding carboxylic acids is 1. The number of carbonyl (C=O) groups is 2. The molecule has 0 spiro atoms. The van der Waals surface area contributed by atoms with E-state index in [-0.39, 0.29) is 18.9 Å². The van der Waals surface area contributed by atoms with Crippen molar-refractivity contribution in [2.45, 2.75) is 13.3 Å². The average molecular weight is 279 g/mol. The smallest absolute Gasteiger partial charge is 0.323 e. The molecule has 110 valence electrons. The predicted molar refractivity (Wildman–Crippen MR) is 75.4 cm³/mol. The van der Waals surface area contributed by atoms with Gasteiger partial charge in [0, 0.05) is 19.3 Å². The minimum atomic E-state index is -1.00. The molecule has 1 heterocycles. The second-order valence-corrected chi connectivity index (χ2v) is 4.96. The normalized spacial score (nSPS) is 10.6. The van der Waals surface area contributed by atoms with Gasteiger partial charge < -0.3 is 14.9 Å². The molecule has 0 radical (unpaired) electrons. The molecular formula is C14H21N3O3. The van der Waals surface area contributed by atoms with Gasteiger partial charge in [0.05, 0.1) is 12.1 Å². The number of likely N-dealkylation sites (N-methyl/N-ethyl adjacent to an activating group) is 1. The van der Waals surface area contributed by atoms with Crippen LogP contribution in [0.4, 0.5) is 0 Å². The van der Waals surface area contributed by atoms with E-state index in [1.165, 1.54) is 4.90 Å². The van der Waals surface area contributed by atoms with E-state index in [2.05, 4.69) is 4.98 Å². The van der Waals surface area contributed by atoms with Crippen LogP contribution in [0, 0.1) is 6.92 Å². The van der Waals surface area contributed by atoms with Crippen LogP contribution in [0.5, 0.6) is 0 Å². The maximum atomic E-state index is 12.2. The molecule has 0 aliphatic carbocycles. The number of amides is 1. The summed E-state index contributed by atoms with van der Waals surface area (Å²) in [6.07, 6.45) is 1.77. The molecule has 0 aliphatic heterocycles. The van der Waals surface area contributed by atoms with Gasteiger partial charge in [-0.2, -0.15) is 0 Å². The van der Waals surface area contributed by atoms with Gasteiger partial charge >= 0.3 is 5.97 Å². The van der Waals surface area contributed by atoms with Crippen molar-refractivity contribution in [1.82, 2.24) is 14.8 Å². The highest BCUT2D eigenvalue weighted by molar-refractivity contribution is 5.82. The molecule has 0 atom stereocenters.